The third kappa shape index (κ3) is 2.09. The summed E-state index contributed by atoms with van der Waals surface area (Å²) in [6.07, 6.45) is 1.27. The summed E-state index contributed by atoms with van der Waals surface area (Å²) in [7, 11) is 0. The Kier molecular flexibility index (Phi) is 2.86. The Balaban J connectivity index is 2.23. The first-order valence-corrected chi connectivity index (χ1v) is 5.29. The van der Waals surface area contributed by atoms with Crippen LogP contribution in [0.1, 0.15) is 13.8 Å². The zero-order chi connectivity index (χ0) is 10.8. The highest BCUT2D eigenvalue weighted by molar-refractivity contribution is 5.41. The minimum absolute atomic E-state index is 0.283. The van der Waals surface area contributed by atoms with Gasteiger partial charge < -0.3 is 10.2 Å². The second-order valence-electron chi connectivity index (χ2n) is 4.10. The van der Waals surface area contributed by atoms with Crippen LogP contribution in [0.4, 0.5) is 10.2 Å². The van der Waals surface area contributed by atoms with Crippen molar-refractivity contribution in [1.29, 1.82) is 0 Å². The molecule has 1 aromatic heterocycles. The van der Waals surface area contributed by atoms with Crippen molar-refractivity contribution in [2.24, 2.45) is 0 Å². The summed E-state index contributed by atoms with van der Waals surface area (Å²) in [4.78, 5) is 6.36. The van der Waals surface area contributed by atoms with Crippen LogP contribution in [0.5, 0.6) is 0 Å². The van der Waals surface area contributed by atoms with E-state index in [1.165, 1.54) is 12.3 Å². The van der Waals surface area contributed by atoms with Crippen LogP contribution in [0.25, 0.3) is 0 Å². The molecular weight excluding hydrogens is 193 g/mol. The zero-order valence-electron chi connectivity index (χ0n) is 9.07. The predicted octanol–water partition coefficient (Wildman–Crippen LogP) is 1.41. The van der Waals surface area contributed by atoms with E-state index in [2.05, 4.69) is 29.0 Å². The first-order valence-electron chi connectivity index (χ1n) is 5.29. The van der Waals surface area contributed by atoms with Gasteiger partial charge >= 0.3 is 0 Å². The summed E-state index contributed by atoms with van der Waals surface area (Å²) in [5.41, 5.74) is 0. The third-order valence-electron chi connectivity index (χ3n) is 2.81. The Hall–Kier alpha value is -1.16. The molecule has 0 radical (unpaired) electrons. The molecule has 3 nitrogen and oxygen atoms in total. The van der Waals surface area contributed by atoms with Gasteiger partial charge in [-0.05, 0) is 26.0 Å². The molecule has 0 aromatic carbocycles. The molecule has 1 aliphatic heterocycles. The maximum atomic E-state index is 12.8. The van der Waals surface area contributed by atoms with Crippen LogP contribution in [0, 0.1) is 5.82 Å². The van der Waals surface area contributed by atoms with Crippen LogP contribution in [-0.2, 0) is 0 Å². The maximum Gasteiger partial charge on any atom is 0.141 e. The summed E-state index contributed by atoms with van der Waals surface area (Å²) in [6, 6.07) is 4.00. The molecule has 0 spiro atoms. The number of rotatable bonds is 1. The minimum Gasteiger partial charge on any atom is -0.349 e. The van der Waals surface area contributed by atoms with Gasteiger partial charge in [0.2, 0.25) is 0 Å². The van der Waals surface area contributed by atoms with Gasteiger partial charge in [-0.25, -0.2) is 9.37 Å². The van der Waals surface area contributed by atoms with Crippen molar-refractivity contribution in [1.82, 2.24) is 10.3 Å². The van der Waals surface area contributed by atoms with Gasteiger partial charge in [-0.1, -0.05) is 0 Å². The fourth-order valence-corrected chi connectivity index (χ4v) is 2.10. The Morgan fingerprint density at radius 2 is 2.00 bits per heavy atom. The van der Waals surface area contributed by atoms with Gasteiger partial charge in [0.15, 0.2) is 0 Å². The van der Waals surface area contributed by atoms with E-state index in [1.54, 1.807) is 6.07 Å². The Bertz CT molecular complexity index is 315. The molecule has 15 heavy (non-hydrogen) atoms. The number of hydrogen-bond donors (Lipinski definition) is 1. The van der Waals surface area contributed by atoms with Gasteiger partial charge in [0.25, 0.3) is 0 Å². The number of anilines is 1. The van der Waals surface area contributed by atoms with E-state index in [-0.39, 0.29) is 5.82 Å². The lowest BCUT2D eigenvalue weighted by Crippen LogP contribution is -2.55. The normalized spacial score (nSPS) is 26.7. The number of aromatic nitrogens is 1. The van der Waals surface area contributed by atoms with Gasteiger partial charge in [0.05, 0.1) is 6.20 Å². The molecule has 1 N–H and O–H groups in total. The molecule has 0 aliphatic carbocycles. The minimum atomic E-state index is -0.283. The summed E-state index contributed by atoms with van der Waals surface area (Å²) >= 11 is 0. The van der Waals surface area contributed by atoms with Crippen molar-refractivity contribution in [3.63, 3.8) is 0 Å². The fraction of sp³-hybridized carbons (Fsp3) is 0.545. The topological polar surface area (TPSA) is 28.2 Å². The molecule has 1 fully saturated rings. The van der Waals surface area contributed by atoms with Crippen molar-refractivity contribution in [3.8, 4) is 0 Å². The predicted molar refractivity (Wildman–Crippen MR) is 58.5 cm³/mol. The third-order valence-corrected chi connectivity index (χ3v) is 2.81. The van der Waals surface area contributed by atoms with Gasteiger partial charge in [-0.15, -0.1) is 0 Å². The molecule has 0 unspecified atom stereocenters. The molecule has 4 heteroatoms. The molecule has 0 bridgehead atoms. The number of nitrogens with zero attached hydrogens (tertiary/aromatic N) is 2. The van der Waals surface area contributed by atoms with Gasteiger partial charge in [-0.2, -0.15) is 0 Å². The first kappa shape index (κ1) is 10.4. The van der Waals surface area contributed by atoms with E-state index < -0.39 is 0 Å². The SMILES string of the molecule is C[C@@H]1CNC[C@H](C)N1c1ccc(F)cn1. The average molecular weight is 209 g/mol. The smallest absolute Gasteiger partial charge is 0.141 e. The Morgan fingerprint density at radius 3 is 2.53 bits per heavy atom. The standard InChI is InChI=1S/C11H16FN3/c1-8-5-13-6-9(2)15(8)11-4-3-10(12)7-14-11/h3-4,7-9,13H,5-6H2,1-2H3/t8-,9+. The van der Waals surface area contributed by atoms with E-state index in [1.807, 2.05) is 0 Å². The van der Waals surface area contributed by atoms with Crippen molar-refractivity contribution in [2.45, 2.75) is 25.9 Å². The molecule has 2 rings (SSSR count). The molecule has 0 amide bonds. The first-order chi connectivity index (χ1) is 7.18. The molecular formula is C11H16FN3. The molecule has 1 saturated heterocycles. The zero-order valence-corrected chi connectivity index (χ0v) is 9.07. The summed E-state index contributed by atoms with van der Waals surface area (Å²) in [6.45, 7) is 6.19. The van der Waals surface area contributed by atoms with E-state index in [0.717, 1.165) is 18.9 Å². The van der Waals surface area contributed by atoms with Gasteiger partial charge in [0.1, 0.15) is 11.6 Å². The van der Waals surface area contributed by atoms with Crippen molar-refractivity contribution < 1.29 is 4.39 Å². The van der Waals surface area contributed by atoms with E-state index in [0.29, 0.717) is 12.1 Å². The van der Waals surface area contributed by atoms with Crippen LogP contribution >= 0.6 is 0 Å². The maximum absolute atomic E-state index is 12.8. The summed E-state index contributed by atoms with van der Waals surface area (Å²) in [5, 5.41) is 3.35. The van der Waals surface area contributed by atoms with E-state index in [4.69, 9.17) is 0 Å². The van der Waals surface area contributed by atoms with E-state index >= 15 is 0 Å². The lowest BCUT2D eigenvalue weighted by molar-refractivity contribution is 0.428. The molecule has 2 atom stereocenters. The highest BCUT2D eigenvalue weighted by Crippen LogP contribution is 2.19. The molecule has 0 saturated carbocycles. The summed E-state index contributed by atoms with van der Waals surface area (Å²) in [5.74, 6) is 0.576. The fourth-order valence-electron chi connectivity index (χ4n) is 2.10. The van der Waals surface area contributed by atoms with Crippen molar-refractivity contribution >= 4 is 5.82 Å². The van der Waals surface area contributed by atoms with Crippen LogP contribution < -0.4 is 10.2 Å². The van der Waals surface area contributed by atoms with Crippen LogP contribution in [0.2, 0.25) is 0 Å². The number of piperazine rings is 1. The highest BCUT2D eigenvalue weighted by atomic mass is 19.1. The van der Waals surface area contributed by atoms with Gasteiger partial charge in [-0.3, -0.25) is 0 Å². The Morgan fingerprint density at radius 1 is 1.33 bits per heavy atom. The van der Waals surface area contributed by atoms with Crippen LogP contribution in [0.15, 0.2) is 18.3 Å². The Labute approximate surface area is 89.3 Å². The van der Waals surface area contributed by atoms with E-state index in [9.17, 15) is 4.39 Å². The number of hydrogen-bond acceptors (Lipinski definition) is 3. The number of pyridine rings is 1. The monoisotopic (exact) mass is 209 g/mol. The lowest BCUT2D eigenvalue weighted by atomic mass is 10.1. The highest BCUT2D eigenvalue weighted by Gasteiger charge is 2.25. The van der Waals surface area contributed by atoms with Crippen molar-refractivity contribution in [3.05, 3.63) is 24.1 Å². The molecule has 1 aromatic rings. The average Bonchev–Trinajstić information content (AvgIpc) is 2.20. The van der Waals surface area contributed by atoms with Crippen LogP contribution in [-0.4, -0.2) is 30.2 Å². The largest absolute Gasteiger partial charge is 0.349 e. The van der Waals surface area contributed by atoms with Crippen molar-refractivity contribution in [2.75, 3.05) is 18.0 Å². The quantitative estimate of drug-likeness (QED) is 0.758. The van der Waals surface area contributed by atoms with Gasteiger partial charge in [0, 0.05) is 25.2 Å². The number of nitrogens with one attached hydrogen (secondary N) is 1. The lowest BCUT2D eigenvalue weighted by Gasteiger charge is -2.40. The molecule has 2 heterocycles. The second kappa shape index (κ2) is 4.14. The van der Waals surface area contributed by atoms with Crippen LogP contribution in [0.3, 0.4) is 0 Å². The number of halogens is 1. The molecule has 82 valence electrons. The second-order valence-corrected chi connectivity index (χ2v) is 4.10. The summed E-state index contributed by atoms with van der Waals surface area (Å²) < 4.78 is 12.8. The molecule has 1 aliphatic rings.